The second kappa shape index (κ2) is 9.35. The van der Waals surface area contributed by atoms with Crippen LogP contribution in [0.2, 0.25) is 0 Å². The van der Waals surface area contributed by atoms with Crippen LogP contribution in [0.25, 0.3) is 0 Å². The third-order valence-corrected chi connectivity index (χ3v) is 5.03. The van der Waals surface area contributed by atoms with Crippen molar-refractivity contribution in [1.29, 1.82) is 0 Å². The summed E-state index contributed by atoms with van der Waals surface area (Å²) in [5, 5.41) is 5.73. The van der Waals surface area contributed by atoms with Crippen molar-refractivity contribution in [2.24, 2.45) is 0 Å². The van der Waals surface area contributed by atoms with Gasteiger partial charge in [0, 0.05) is 36.2 Å². The Balaban J connectivity index is 1.44. The molecule has 1 fully saturated rings. The molecule has 172 valence electrons. The molecule has 2 N–H and O–H groups in total. The van der Waals surface area contributed by atoms with Crippen LogP contribution in [-0.4, -0.2) is 35.3 Å². The van der Waals surface area contributed by atoms with Gasteiger partial charge in [0.15, 0.2) is 0 Å². The highest BCUT2D eigenvalue weighted by Crippen LogP contribution is 2.27. The fourth-order valence-electron chi connectivity index (χ4n) is 3.55. The molecule has 33 heavy (non-hydrogen) atoms. The number of carbonyl (C=O) groups excluding carboxylic acids is 1. The minimum atomic E-state index is -4.89. The van der Waals surface area contributed by atoms with Crippen molar-refractivity contribution in [1.82, 2.24) is 9.97 Å². The van der Waals surface area contributed by atoms with E-state index in [1.165, 1.54) is 18.2 Å². The molecule has 1 amide bonds. The standard InChI is InChI=1S/C23H22F3N5O2/c1-15-14-20(31-12-4-5-13-31)30-22(27-15)29-17-10-8-16(9-11-17)28-21(32)18-6-2-3-7-19(18)33-23(24,25)26/h2-3,6-11,14H,4-5,12-13H2,1H3,(H,28,32)(H,27,29,30). The molecule has 0 bridgehead atoms. The van der Waals surface area contributed by atoms with E-state index in [4.69, 9.17) is 0 Å². The van der Waals surface area contributed by atoms with Crippen molar-refractivity contribution < 1.29 is 22.7 Å². The Kier molecular flexibility index (Phi) is 6.34. The van der Waals surface area contributed by atoms with E-state index in [-0.39, 0.29) is 5.56 Å². The first kappa shape index (κ1) is 22.4. The van der Waals surface area contributed by atoms with E-state index in [1.807, 2.05) is 13.0 Å². The normalized spacial score (nSPS) is 13.6. The van der Waals surface area contributed by atoms with Gasteiger partial charge < -0.3 is 20.3 Å². The maximum absolute atomic E-state index is 12.6. The first-order valence-corrected chi connectivity index (χ1v) is 10.4. The van der Waals surface area contributed by atoms with Crippen LogP contribution in [0.15, 0.2) is 54.6 Å². The average molecular weight is 457 g/mol. The van der Waals surface area contributed by atoms with E-state index >= 15 is 0 Å². The van der Waals surface area contributed by atoms with Crippen LogP contribution < -0.4 is 20.3 Å². The van der Waals surface area contributed by atoms with Gasteiger partial charge in [0.1, 0.15) is 11.6 Å². The van der Waals surface area contributed by atoms with Crippen molar-refractivity contribution >= 4 is 29.0 Å². The summed E-state index contributed by atoms with van der Waals surface area (Å²) < 4.78 is 41.7. The van der Waals surface area contributed by atoms with Gasteiger partial charge in [-0.05, 0) is 56.2 Å². The number of anilines is 4. The Hall–Kier alpha value is -3.82. The molecule has 0 atom stereocenters. The lowest BCUT2D eigenvalue weighted by Crippen LogP contribution is -2.20. The largest absolute Gasteiger partial charge is 0.573 e. The number of nitrogens with one attached hydrogen (secondary N) is 2. The number of hydrogen-bond donors (Lipinski definition) is 2. The first-order valence-electron chi connectivity index (χ1n) is 10.4. The van der Waals surface area contributed by atoms with Gasteiger partial charge in [0.25, 0.3) is 5.91 Å². The second-order valence-electron chi connectivity index (χ2n) is 7.59. The summed E-state index contributed by atoms with van der Waals surface area (Å²) in [5.41, 5.74) is 1.74. The van der Waals surface area contributed by atoms with Gasteiger partial charge >= 0.3 is 6.36 Å². The molecule has 0 unspecified atom stereocenters. The Bertz CT molecular complexity index is 1130. The summed E-state index contributed by atoms with van der Waals surface area (Å²) in [6.07, 6.45) is -2.60. The van der Waals surface area contributed by atoms with Gasteiger partial charge in [-0.2, -0.15) is 4.98 Å². The number of amides is 1. The lowest BCUT2D eigenvalue weighted by atomic mass is 10.2. The van der Waals surface area contributed by atoms with E-state index < -0.39 is 18.0 Å². The average Bonchev–Trinajstić information content (AvgIpc) is 3.29. The molecule has 1 aliphatic rings. The number of para-hydroxylation sites is 1. The Morgan fingerprint density at radius 3 is 2.36 bits per heavy atom. The SMILES string of the molecule is Cc1cc(N2CCCC2)nc(Nc2ccc(NC(=O)c3ccccc3OC(F)(F)F)cc2)n1. The zero-order valence-electron chi connectivity index (χ0n) is 17.8. The van der Waals surface area contributed by atoms with Crippen molar-refractivity contribution in [2.45, 2.75) is 26.1 Å². The van der Waals surface area contributed by atoms with Crippen molar-refractivity contribution in [3.8, 4) is 5.75 Å². The van der Waals surface area contributed by atoms with Crippen LogP contribution in [0.4, 0.5) is 36.3 Å². The maximum atomic E-state index is 12.6. The number of aromatic nitrogens is 2. The summed E-state index contributed by atoms with van der Waals surface area (Å²) in [6.45, 7) is 3.86. The van der Waals surface area contributed by atoms with Crippen LogP contribution in [0.1, 0.15) is 28.9 Å². The summed E-state index contributed by atoms with van der Waals surface area (Å²) in [4.78, 5) is 23.7. The van der Waals surface area contributed by atoms with E-state index in [0.29, 0.717) is 17.3 Å². The van der Waals surface area contributed by atoms with Crippen molar-refractivity contribution in [3.63, 3.8) is 0 Å². The summed E-state index contributed by atoms with van der Waals surface area (Å²) in [7, 11) is 0. The summed E-state index contributed by atoms with van der Waals surface area (Å²) in [6, 6.07) is 13.8. The number of rotatable bonds is 6. The number of benzene rings is 2. The molecule has 1 aliphatic heterocycles. The third kappa shape index (κ3) is 5.91. The molecular weight excluding hydrogens is 435 g/mol. The predicted molar refractivity (Wildman–Crippen MR) is 119 cm³/mol. The van der Waals surface area contributed by atoms with E-state index in [2.05, 4.69) is 30.2 Å². The molecule has 1 aromatic heterocycles. The quantitative estimate of drug-likeness (QED) is 0.524. The number of halogens is 3. The van der Waals surface area contributed by atoms with Crippen LogP contribution in [0.3, 0.4) is 0 Å². The number of hydrogen-bond acceptors (Lipinski definition) is 6. The van der Waals surface area contributed by atoms with Gasteiger partial charge in [-0.1, -0.05) is 12.1 Å². The molecule has 10 heteroatoms. The molecule has 0 saturated carbocycles. The number of nitrogens with zero attached hydrogens (tertiary/aromatic N) is 3. The summed E-state index contributed by atoms with van der Waals surface area (Å²) >= 11 is 0. The molecular formula is C23H22F3N5O2. The highest BCUT2D eigenvalue weighted by Gasteiger charge is 2.32. The Morgan fingerprint density at radius 1 is 1.00 bits per heavy atom. The topological polar surface area (TPSA) is 79.4 Å². The molecule has 2 aromatic carbocycles. The van der Waals surface area contributed by atoms with Gasteiger partial charge in [-0.25, -0.2) is 4.98 Å². The maximum Gasteiger partial charge on any atom is 0.573 e. The highest BCUT2D eigenvalue weighted by molar-refractivity contribution is 6.06. The Labute approximate surface area is 188 Å². The third-order valence-electron chi connectivity index (χ3n) is 5.03. The van der Waals surface area contributed by atoms with Crippen molar-refractivity contribution in [2.75, 3.05) is 28.6 Å². The lowest BCUT2D eigenvalue weighted by Gasteiger charge is -2.17. The second-order valence-corrected chi connectivity index (χ2v) is 7.59. The molecule has 3 aromatic rings. The fraction of sp³-hybridized carbons (Fsp3) is 0.261. The fourth-order valence-corrected chi connectivity index (χ4v) is 3.55. The highest BCUT2D eigenvalue weighted by atomic mass is 19.4. The van der Waals surface area contributed by atoms with Crippen LogP contribution in [0, 0.1) is 6.92 Å². The van der Waals surface area contributed by atoms with E-state index in [1.54, 1.807) is 24.3 Å². The Morgan fingerprint density at radius 2 is 1.67 bits per heavy atom. The van der Waals surface area contributed by atoms with E-state index in [0.717, 1.165) is 43.5 Å². The van der Waals surface area contributed by atoms with Crippen LogP contribution in [0.5, 0.6) is 5.75 Å². The molecule has 2 heterocycles. The van der Waals surface area contributed by atoms with Gasteiger partial charge in [0.2, 0.25) is 5.95 Å². The molecule has 0 aliphatic carbocycles. The van der Waals surface area contributed by atoms with Gasteiger partial charge in [-0.3, -0.25) is 4.79 Å². The molecule has 7 nitrogen and oxygen atoms in total. The van der Waals surface area contributed by atoms with E-state index in [9.17, 15) is 18.0 Å². The monoisotopic (exact) mass is 457 g/mol. The van der Waals surface area contributed by atoms with Crippen LogP contribution >= 0.6 is 0 Å². The minimum absolute atomic E-state index is 0.223. The lowest BCUT2D eigenvalue weighted by molar-refractivity contribution is -0.274. The zero-order chi connectivity index (χ0) is 23.4. The molecule has 4 rings (SSSR count). The minimum Gasteiger partial charge on any atom is -0.405 e. The number of aryl methyl sites for hydroxylation is 1. The van der Waals surface area contributed by atoms with Crippen LogP contribution in [-0.2, 0) is 0 Å². The van der Waals surface area contributed by atoms with Gasteiger partial charge in [-0.15, -0.1) is 13.2 Å². The molecule has 0 radical (unpaired) electrons. The van der Waals surface area contributed by atoms with Gasteiger partial charge in [0.05, 0.1) is 5.56 Å². The van der Waals surface area contributed by atoms with Crippen molar-refractivity contribution in [3.05, 3.63) is 65.9 Å². The zero-order valence-corrected chi connectivity index (χ0v) is 17.8. The predicted octanol–water partition coefficient (Wildman–Crippen LogP) is 5.28. The molecule has 1 saturated heterocycles. The molecule has 0 spiro atoms. The number of carbonyl (C=O) groups is 1. The summed E-state index contributed by atoms with van der Waals surface area (Å²) in [5.74, 6) is 0.0667. The smallest absolute Gasteiger partial charge is 0.405 e. The first-order chi connectivity index (χ1) is 15.8. The number of ether oxygens (including phenoxy) is 1. The number of alkyl halides is 3.